The predicted octanol–water partition coefficient (Wildman–Crippen LogP) is 3.17. The molecule has 2 rings (SSSR count). The van der Waals surface area contributed by atoms with Crippen LogP contribution in [0.5, 0.6) is 0 Å². The van der Waals surface area contributed by atoms with Gasteiger partial charge in [-0.05, 0) is 41.8 Å². The van der Waals surface area contributed by atoms with Crippen molar-refractivity contribution in [3.8, 4) is 10.4 Å². The monoisotopic (exact) mass is 444 g/mol. The summed E-state index contributed by atoms with van der Waals surface area (Å²) in [5.74, 6) is -3.17. The Hall–Kier alpha value is -3.00. The number of hydrogen-bond acceptors (Lipinski definition) is 5. The van der Waals surface area contributed by atoms with E-state index in [2.05, 4.69) is 11.4 Å². The summed E-state index contributed by atoms with van der Waals surface area (Å²) in [6.45, 7) is 1.77. The van der Waals surface area contributed by atoms with Crippen molar-refractivity contribution in [2.75, 3.05) is 0 Å². The summed E-state index contributed by atoms with van der Waals surface area (Å²) >= 11 is 1.67. The quantitative estimate of drug-likeness (QED) is 0.437. The van der Waals surface area contributed by atoms with Crippen molar-refractivity contribution in [1.29, 1.82) is 0 Å². The van der Waals surface area contributed by atoms with E-state index in [1.54, 1.807) is 18.3 Å². The summed E-state index contributed by atoms with van der Waals surface area (Å²) in [7, 11) is 0. The van der Waals surface area contributed by atoms with E-state index in [1.807, 2.05) is 35.7 Å². The largest absolute Gasteiger partial charge is 0.481 e. The first-order valence-electron chi connectivity index (χ1n) is 10.3. The topological polar surface area (TPSA) is 127 Å². The first kappa shape index (κ1) is 24.3. The number of nitrogens with one attached hydrogen (secondary N) is 1. The second kappa shape index (κ2) is 12.0. The lowest BCUT2D eigenvalue weighted by Gasteiger charge is -2.19. The number of carbonyl (C=O) groups excluding carboxylic acids is 3. The van der Waals surface area contributed by atoms with Crippen molar-refractivity contribution < 1.29 is 24.3 Å². The van der Waals surface area contributed by atoms with Gasteiger partial charge in [0.25, 0.3) is 0 Å². The van der Waals surface area contributed by atoms with Crippen molar-refractivity contribution in [3.63, 3.8) is 0 Å². The molecule has 0 saturated carbocycles. The lowest BCUT2D eigenvalue weighted by molar-refractivity contribution is -0.138. The Balaban J connectivity index is 1.85. The second-order valence-corrected chi connectivity index (χ2v) is 8.35. The lowest BCUT2D eigenvalue weighted by atomic mass is 9.92. The molecule has 0 unspecified atom stereocenters. The number of carboxylic acid groups (broad SMARTS) is 1. The normalized spacial score (nSPS) is 12.7. The highest BCUT2D eigenvalue weighted by molar-refractivity contribution is 7.13. The summed E-state index contributed by atoms with van der Waals surface area (Å²) in [5, 5.41) is 13.5. The van der Waals surface area contributed by atoms with Gasteiger partial charge in [-0.15, -0.1) is 11.3 Å². The van der Waals surface area contributed by atoms with Gasteiger partial charge in [0.05, 0.1) is 6.04 Å². The number of hydrogen-bond donors (Lipinski definition) is 3. The van der Waals surface area contributed by atoms with Crippen LogP contribution in [0.4, 0.5) is 0 Å². The lowest BCUT2D eigenvalue weighted by Crippen LogP contribution is -2.42. The molecule has 4 N–H and O–H groups in total. The van der Waals surface area contributed by atoms with E-state index in [-0.39, 0.29) is 37.4 Å². The smallest absolute Gasteiger partial charge is 0.303 e. The van der Waals surface area contributed by atoms with Crippen LogP contribution in [0, 0.1) is 5.92 Å². The van der Waals surface area contributed by atoms with E-state index < -0.39 is 23.8 Å². The second-order valence-electron chi connectivity index (χ2n) is 7.40. The molecule has 166 valence electrons. The van der Waals surface area contributed by atoms with Crippen LogP contribution < -0.4 is 11.1 Å². The van der Waals surface area contributed by atoms with E-state index in [9.17, 15) is 19.2 Å². The third kappa shape index (κ3) is 7.97. The summed E-state index contributed by atoms with van der Waals surface area (Å²) in [5.41, 5.74) is 7.45. The molecule has 31 heavy (non-hydrogen) atoms. The van der Waals surface area contributed by atoms with Crippen LogP contribution in [0.25, 0.3) is 10.4 Å². The fourth-order valence-corrected chi connectivity index (χ4v) is 3.97. The Labute approximate surface area is 185 Å². The number of Topliss-reactive ketones (excluding diaryl/α,β-unsaturated/α-hetero) is 1. The average Bonchev–Trinajstić information content (AvgIpc) is 3.28. The zero-order valence-electron chi connectivity index (χ0n) is 17.5. The van der Waals surface area contributed by atoms with Crippen LogP contribution in [0.3, 0.4) is 0 Å². The first-order chi connectivity index (χ1) is 14.8. The van der Waals surface area contributed by atoms with Crippen molar-refractivity contribution in [2.24, 2.45) is 11.7 Å². The van der Waals surface area contributed by atoms with E-state index >= 15 is 0 Å². The summed E-state index contributed by atoms with van der Waals surface area (Å²) < 4.78 is 0. The van der Waals surface area contributed by atoms with E-state index in [4.69, 9.17) is 10.8 Å². The van der Waals surface area contributed by atoms with Gasteiger partial charge in [-0.2, -0.15) is 0 Å². The Morgan fingerprint density at radius 3 is 2.35 bits per heavy atom. The van der Waals surface area contributed by atoms with Gasteiger partial charge >= 0.3 is 5.97 Å². The molecule has 1 heterocycles. The standard InChI is InChI=1S/C23H28N2O5S/c1-2-18(19(26)14-17(23(24)30)10-12-22(28)29)25-21(27)11-7-15-5-8-16(9-6-15)20-4-3-13-31-20/h3-6,8-9,13,17-18H,2,7,10-12,14H2,1H3,(H2,24,30)(H,25,27)(H,28,29)/t17-,18+/m1/s1. The van der Waals surface area contributed by atoms with Crippen LogP contribution in [0.15, 0.2) is 41.8 Å². The third-order valence-electron chi connectivity index (χ3n) is 5.09. The molecule has 0 aliphatic rings. The van der Waals surface area contributed by atoms with Crippen LogP contribution in [-0.2, 0) is 25.6 Å². The molecule has 8 heteroatoms. The fraction of sp³-hybridized carbons (Fsp3) is 0.391. The summed E-state index contributed by atoms with van der Waals surface area (Å²) in [6.07, 6.45) is 0.748. The Bertz CT molecular complexity index is 893. The van der Waals surface area contributed by atoms with Crippen LogP contribution >= 0.6 is 11.3 Å². The number of ketones is 1. The molecule has 2 amide bonds. The number of rotatable bonds is 13. The molecule has 2 atom stereocenters. The van der Waals surface area contributed by atoms with Crippen molar-refractivity contribution >= 4 is 34.9 Å². The zero-order chi connectivity index (χ0) is 22.8. The maximum atomic E-state index is 12.5. The minimum Gasteiger partial charge on any atom is -0.481 e. The van der Waals surface area contributed by atoms with Gasteiger partial charge in [-0.3, -0.25) is 19.2 Å². The molecule has 0 radical (unpaired) electrons. The Kier molecular flexibility index (Phi) is 9.40. The van der Waals surface area contributed by atoms with Gasteiger partial charge in [0.2, 0.25) is 11.8 Å². The van der Waals surface area contributed by atoms with Gasteiger partial charge in [0.15, 0.2) is 5.78 Å². The van der Waals surface area contributed by atoms with Gasteiger partial charge in [0.1, 0.15) is 0 Å². The zero-order valence-corrected chi connectivity index (χ0v) is 18.3. The Morgan fingerprint density at radius 2 is 1.81 bits per heavy atom. The van der Waals surface area contributed by atoms with Crippen LogP contribution in [0.2, 0.25) is 0 Å². The van der Waals surface area contributed by atoms with Crippen LogP contribution in [-0.4, -0.2) is 34.7 Å². The van der Waals surface area contributed by atoms with Crippen LogP contribution in [0.1, 0.15) is 44.6 Å². The third-order valence-corrected chi connectivity index (χ3v) is 6.01. The molecule has 0 aliphatic carbocycles. The molecule has 0 aliphatic heterocycles. The Morgan fingerprint density at radius 1 is 1.10 bits per heavy atom. The van der Waals surface area contributed by atoms with Crippen molar-refractivity contribution in [1.82, 2.24) is 5.32 Å². The van der Waals surface area contributed by atoms with E-state index in [1.165, 1.54) is 4.88 Å². The van der Waals surface area contributed by atoms with E-state index in [0.29, 0.717) is 12.8 Å². The molecule has 0 saturated heterocycles. The molecular weight excluding hydrogens is 416 g/mol. The molecule has 7 nitrogen and oxygen atoms in total. The molecule has 0 bridgehead atoms. The number of nitrogens with two attached hydrogens (primary N) is 1. The number of amides is 2. The molecular formula is C23H28N2O5S. The number of aliphatic carboxylic acids is 1. The van der Waals surface area contributed by atoms with Gasteiger partial charge < -0.3 is 16.2 Å². The maximum absolute atomic E-state index is 12.5. The number of thiophene rings is 1. The molecule has 1 aromatic heterocycles. The first-order valence-corrected chi connectivity index (χ1v) is 11.1. The highest BCUT2D eigenvalue weighted by atomic mass is 32.1. The SMILES string of the molecule is CC[C@H](NC(=O)CCc1ccc(-c2cccs2)cc1)C(=O)C[C@@H](CCC(=O)O)C(N)=O. The van der Waals surface area contributed by atoms with E-state index in [0.717, 1.165) is 11.1 Å². The molecule has 0 fully saturated rings. The number of aryl methyl sites for hydroxylation is 1. The number of carbonyl (C=O) groups is 4. The minimum atomic E-state index is -1.05. The number of primary amides is 1. The van der Waals surface area contributed by atoms with Gasteiger partial charge in [-0.1, -0.05) is 37.3 Å². The van der Waals surface area contributed by atoms with Crippen molar-refractivity contribution in [2.45, 2.75) is 51.5 Å². The average molecular weight is 445 g/mol. The van der Waals surface area contributed by atoms with Gasteiger partial charge in [-0.25, -0.2) is 0 Å². The van der Waals surface area contributed by atoms with Crippen molar-refractivity contribution in [3.05, 3.63) is 47.3 Å². The molecule has 1 aromatic carbocycles. The summed E-state index contributed by atoms with van der Waals surface area (Å²) in [6, 6.07) is 11.4. The minimum absolute atomic E-state index is 0.00224. The molecule has 2 aromatic rings. The molecule has 0 spiro atoms. The number of benzene rings is 1. The summed E-state index contributed by atoms with van der Waals surface area (Å²) in [4.78, 5) is 48.3. The fourth-order valence-electron chi connectivity index (χ4n) is 3.24. The highest BCUT2D eigenvalue weighted by Crippen LogP contribution is 2.24. The highest BCUT2D eigenvalue weighted by Gasteiger charge is 2.25. The van der Waals surface area contributed by atoms with Gasteiger partial charge in [0, 0.05) is 30.1 Å². The maximum Gasteiger partial charge on any atom is 0.303 e. The predicted molar refractivity (Wildman–Crippen MR) is 119 cm³/mol. The number of carboxylic acids is 1.